The number of nitrogens with two attached hydrogens (primary N) is 1. The van der Waals surface area contributed by atoms with E-state index in [0.29, 0.717) is 13.0 Å². The lowest BCUT2D eigenvalue weighted by Crippen LogP contribution is -2.30. The van der Waals surface area contributed by atoms with Gasteiger partial charge in [0.2, 0.25) is 5.91 Å². The summed E-state index contributed by atoms with van der Waals surface area (Å²) in [6.07, 6.45) is 1.46. The Labute approximate surface area is 110 Å². The van der Waals surface area contributed by atoms with Crippen LogP contribution in [0.3, 0.4) is 0 Å². The fraction of sp³-hybridized carbons (Fsp3) is 0.533. The highest BCUT2D eigenvalue weighted by Gasteiger charge is 2.13. The second-order valence-electron chi connectivity index (χ2n) is 4.92. The maximum atomic E-state index is 11.9. The molecule has 0 heterocycles. The van der Waals surface area contributed by atoms with Crippen LogP contribution < -0.4 is 11.1 Å². The molecule has 0 aromatic heterocycles. The highest BCUT2D eigenvalue weighted by atomic mass is 16.1. The molecule has 0 bridgehead atoms. The number of amides is 1. The highest BCUT2D eigenvalue weighted by Crippen LogP contribution is 2.14. The Morgan fingerprint density at radius 1 is 1.44 bits per heavy atom. The van der Waals surface area contributed by atoms with Crippen molar-refractivity contribution in [2.45, 2.75) is 39.7 Å². The molecule has 3 heteroatoms. The van der Waals surface area contributed by atoms with Gasteiger partial charge in [-0.3, -0.25) is 4.79 Å². The van der Waals surface area contributed by atoms with Crippen molar-refractivity contribution in [3.8, 4) is 0 Å². The van der Waals surface area contributed by atoms with Gasteiger partial charge in [-0.2, -0.15) is 0 Å². The summed E-state index contributed by atoms with van der Waals surface area (Å²) in [5.41, 5.74) is 7.97. The molecule has 0 saturated heterocycles. The average Bonchev–Trinajstić information content (AvgIpc) is 2.35. The Bertz CT molecular complexity index is 386. The molecule has 1 amide bonds. The number of aryl methyl sites for hydroxylation is 1. The van der Waals surface area contributed by atoms with Crippen LogP contribution in [0.2, 0.25) is 0 Å². The normalized spacial score (nSPS) is 14.0. The van der Waals surface area contributed by atoms with Gasteiger partial charge in [-0.05, 0) is 31.9 Å². The van der Waals surface area contributed by atoms with E-state index in [0.717, 1.165) is 12.0 Å². The summed E-state index contributed by atoms with van der Waals surface area (Å²) >= 11 is 0. The zero-order chi connectivity index (χ0) is 13.5. The third kappa shape index (κ3) is 4.49. The Morgan fingerprint density at radius 2 is 2.17 bits per heavy atom. The molecule has 0 saturated carbocycles. The van der Waals surface area contributed by atoms with Gasteiger partial charge in [-0.25, -0.2) is 0 Å². The minimum Gasteiger partial charge on any atom is -0.350 e. The van der Waals surface area contributed by atoms with Crippen molar-refractivity contribution in [2.75, 3.05) is 6.54 Å². The number of benzene rings is 1. The van der Waals surface area contributed by atoms with Gasteiger partial charge in [0, 0.05) is 6.42 Å². The molecule has 0 aliphatic rings. The van der Waals surface area contributed by atoms with Crippen molar-refractivity contribution in [2.24, 2.45) is 11.7 Å². The van der Waals surface area contributed by atoms with E-state index in [1.807, 2.05) is 19.1 Å². The van der Waals surface area contributed by atoms with E-state index in [9.17, 15) is 4.79 Å². The molecule has 0 fully saturated rings. The first-order chi connectivity index (χ1) is 8.56. The second kappa shape index (κ2) is 7.17. The molecule has 1 aromatic carbocycles. The largest absolute Gasteiger partial charge is 0.350 e. The number of carbonyl (C=O) groups is 1. The maximum Gasteiger partial charge on any atom is 0.220 e. The summed E-state index contributed by atoms with van der Waals surface area (Å²) in [5.74, 6) is 0.371. The van der Waals surface area contributed by atoms with Crippen molar-refractivity contribution in [3.63, 3.8) is 0 Å². The third-order valence-corrected chi connectivity index (χ3v) is 3.30. The topological polar surface area (TPSA) is 55.1 Å². The van der Waals surface area contributed by atoms with E-state index < -0.39 is 0 Å². The van der Waals surface area contributed by atoms with Crippen LogP contribution in [0, 0.1) is 12.8 Å². The van der Waals surface area contributed by atoms with E-state index in [2.05, 4.69) is 31.3 Å². The summed E-state index contributed by atoms with van der Waals surface area (Å²) < 4.78 is 0. The van der Waals surface area contributed by atoms with E-state index in [-0.39, 0.29) is 17.9 Å². The summed E-state index contributed by atoms with van der Waals surface area (Å²) in [6, 6.07) is 8.26. The van der Waals surface area contributed by atoms with Gasteiger partial charge < -0.3 is 11.1 Å². The quantitative estimate of drug-likeness (QED) is 0.813. The van der Waals surface area contributed by atoms with Crippen LogP contribution in [-0.2, 0) is 4.79 Å². The number of hydrogen-bond acceptors (Lipinski definition) is 2. The first-order valence-corrected chi connectivity index (χ1v) is 6.62. The van der Waals surface area contributed by atoms with Gasteiger partial charge in [-0.1, -0.05) is 43.2 Å². The molecule has 0 spiro atoms. The first kappa shape index (κ1) is 14.7. The number of rotatable bonds is 6. The van der Waals surface area contributed by atoms with Crippen LogP contribution >= 0.6 is 0 Å². The smallest absolute Gasteiger partial charge is 0.220 e. The lowest BCUT2D eigenvalue weighted by atomic mass is 10.0. The van der Waals surface area contributed by atoms with E-state index in [1.54, 1.807) is 0 Å². The molecular formula is C15H24N2O. The molecule has 2 atom stereocenters. The van der Waals surface area contributed by atoms with Gasteiger partial charge in [0.25, 0.3) is 0 Å². The van der Waals surface area contributed by atoms with E-state index >= 15 is 0 Å². The molecule has 0 aliphatic heterocycles. The second-order valence-corrected chi connectivity index (χ2v) is 4.92. The molecule has 1 unspecified atom stereocenters. The SMILES string of the molecule is CCC(CN)CC(=O)N[C@@H](C)c1cccc(C)c1. The minimum atomic E-state index is 0.0488. The van der Waals surface area contributed by atoms with Crippen LogP contribution in [0.5, 0.6) is 0 Å². The van der Waals surface area contributed by atoms with Crippen LogP contribution in [0.15, 0.2) is 24.3 Å². The molecule has 0 aliphatic carbocycles. The highest BCUT2D eigenvalue weighted by molar-refractivity contribution is 5.76. The molecule has 3 nitrogen and oxygen atoms in total. The fourth-order valence-corrected chi connectivity index (χ4v) is 1.98. The third-order valence-electron chi connectivity index (χ3n) is 3.30. The zero-order valence-corrected chi connectivity index (χ0v) is 11.6. The summed E-state index contributed by atoms with van der Waals surface area (Å²) in [6.45, 7) is 6.70. The molecule has 1 rings (SSSR count). The van der Waals surface area contributed by atoms with Crippen molar-refractivity contribution >= 4 is 5.91 Å². The predicted molar refractivity (Wildman–Crippen MR) is 75.2 cm³/mol. The number of nitrogens with one attached hydrogen (secondary N) is 1. The molecule has 3 N–H and O–H groups in total. The zero-order valence-electron chi connectivity index (χ0n) is 11.6. The maximum absolute atomic E-state index is 11.9. The molecule has 1 aromatic rings. The predicted octanol–water partition coefficient (Wildman–Crippen LogP) is 2.55. The van der Waals surface area contributed by atoms with Gasteiger partial charge in [0.05, 0.1) is 6.04 Å². The number of carbonyl (C=O) groups excluding carboxylic acids is 1. The Hall–Kier alpha value is -1.35. The van der Waals surface area contributed by atoms with Gasteiger partial charge >= 0.3 is 0 Å². The summed E-state index contributed by atoms with van der Waals surface area (Å²) in [4.78, 5) is 11.9. The molecular weight excluding hydrogens is 224 g/mol. The minimum absolute atomic E-state index is 0.0488. The fourth-order valence-electron chi connectivity index (χ4n) is 1.98. The van der Waals surface area contributed by atoms with Crippen LogP contribution in [-0.4, -0.2) is 12.5 Å². The Morgan fingerprint density at radius 3 is 2.72 bits per heavy atom. The van der Waals surface area contributed by atoms with Crippen molar-refractivity contribution in [3.05, 3.63) is 35.4 Å². The molecule has 0 radical (unpaired) electrons. The van der Waals surface area contributed by atoms with Crippen LogP contribution in [0.1, 0.15) is 43.9 Å². The Kier molecular flexibility index (Phi) is 5.86. The van der Waals surface area contributed by atoms with Crippen molar-refractivity contribution in [1.82, 2.24) is 5.32 Å². The standard InChI is InChI=1S/C15H24N2O/c1-4-13(10-16)9-15(18)17-12(3)14-7-5-6-11(2)8-14/h5-8,12-13H,4,9-10,16H2,1-3H3,(H,17,18)/t12-,13?/m0/s1. The summed E-state index contributed by atoms with van der Waals surface area (Å²) in [5, 5.41) is 3.03. The lowest BCUT2D eigenvalue weighted by Gasteiger charge is -2.17. The lowest BCUT2D eigenvalue weighted by molar-refractivity contribution is -0.122. The van der Waals surface area contributed by atoms with Gasteiger partial charge in [0.15, 0.2) is 0 Å². The van der Waals surface area contributed by atoms with Crippen molar-refractivity contribution < 1.29 is 4.79 Å². The van der Waals surface area contributed by atoms with Crippen LogP contribution in [0.4, 0.5) is 0 Å². The molecule has 18 heavy (non-hydrogen) atoms. The van der Waals surface area contributed by atoms with Crippen LogP contribution in [0.25, 0.3) is 0 Å². The van der Waals surface area contributed by atoms with E-state index in [1.165, 1.54) is 5.56 Å². The van der Waals surface area contributed by atoms with Gasteiger partial charge in [-0.15, -0.1) is 0 Å². The first-order valence-electron chi connectivity index (χ1n) is 6.62. The molecule has 100 valence electrons. The van der Waals surface area contributed by atoms with Crippen molar-refractivity contribution in [1.29, 1.82) is 0 Å². The summed E-state index contributed by atoms with van der Waals surface area (Å²) in [7, 11) is 0. The Balaban J connectivity index is 2.54. The average molecular weight is 248 g/mol. The number of hydrogen-bond donors (Lipinski definition) is 2. The monoisotopic (exact) mass is 248 g/mol. The van der Waals surface area contributed by atoms with E-state index in [4.69, 9.17) is 5.73 Å². The van der Waals surface area contributed by atoms with Gasteiger partial charge in [0.1, 0.15) is 0 Å².